The first-order valence-electron chi connectivity index (χ1n) is 8.27. The average molecular weight is 428 g/mol. The topological polar surface area (TPSA) is 87.2 Å². The normalized spacial score (nSPS) is 18.0. The van der Waals surface area contributed by atoms with E-state index >= 15 is 0 Å². The number of benzene rings is 2. The molecule has 2 aliphatic rings. The van der Waals surface area contributed by atoms with Crippen molar-refractivity contribution < 1.29 is 14.7 Å². The minimum Gasteiger partial charge on any atom is -0.507 e. The number of halogens is 1. The Morgan fingerprint density at radius 1 is 1.00 bits per heavy atom. The molecule has 5 nitrogen and oxygen atoms in total. The number of hydrogen-bond acceptors (Lipinski definition) is 6. The van der Waals surface area contributed by atoms with Gasteiger partial charge in [0.2, 0.25) is 5.78 Å². The summed E-state index contributed by atoms with van der Waals surface area (Å²) in [7, 11) is 0. The first-order chi connectivity index (χ1) is 13.5. The monoisotopic (exact) mass is 427 g/mol. The maximum absolute atomic E-state index is 13.4. The molecular weight excluding hydrogens is 418 g/mol. The van der Waals surface area contributed by atoms with Gasteiger partial charge in [0.25, 0.3) is 0 Å². The second-order valence-electron chi connectivity index (χ2n) is 6.40. The van der Waals surface area contributed by atoms with Gasteiger partial charge in [-0.15, -0.1) is 0 Å². The lowest BCUT2D eigenvalue weighted by Crippen LogP contribution is -2.27. The smallest absolute Gasteiger partial charge is 0.305 e. The van der Waals surface area contributed by atoms with Gasteiger partial charge >= 0.3 is 4.87 Å². The summed E-state index contributed by atoms with van der Waals surface area (Å²) in [6, 6.07) is 11.4. The molecule has 0 fully saturated rings. The van der Waals surface area contributed by atoms with Crippen LogP contribution in [0.1, 0.15) is 37.1 Å². The van der Waals surface area contributed by atoms with Crippen molar-refractivity contribution in [1.29, 1.82) is 0 Å². The molecule has 1 aliphatic carbocycles. The van der Waals surface area contributed by atoms with E-state index in [1.807, 2.05) is 0 Å². The molecule has 0 saturated heterocycles. The van der Waals surface area contributed by atoms with Crippen LogP contribution in [0.4, 0.5) is 0 Å². The van der Waals surface area contributed by atoms with Gasteiger partial charge in [-0.2, -0.15) is 0 Å². The molecule has 0 bridgehead atoms. The van der Waals surface area contributed by atoms with Crippen molar-refractivity contribution in [2.45, 2.75) is 10.9 Å². The number of aromatic nitrogens is 1. The van der Waals surface area contributed by atoms with E-state index in [0.717, 1.165) is 28.7 Å². The number of H-pyrrole nitrogens is 1. The van der Waals surface area contributed by atoms with Crippen LogP contribution < -0.4 is 4.87 Å². The van der Waals surface area contributed by atoms with Crippen molar-refractivity contribution in [3.63, 3.8) is 0 Å². The fourth-order valence-electron chi connectivity index (χ4n) is 3.61. The summed E-state index contributed by atoms with van der Waals surface area (Å²) in [6.45, 7) is 0. The van der Waals surface area contributed by atoms with E-state index in [-0.39, 0.29) is 38.0 Å². The number of carbonyl (C=O) groups is 2. The van der Waals surface area contributed by atoms with E-state index in [1.165, 1.54) is 18.2 Å². The number of hydrogen-bond donors (Lipinski definition) is 2. The Morgan fingerprint density at radius 2 is 1.75 bits per heavy atom. The zero-order valence-corrected chi connectivity index (χ0v) is 16.4. The summed E-state index contributed by atoms with van der Waals surface area (Å²) < 4.78 is 0. The molecule has 1 atom stereocenters. The predicted octanol–water partition coefficient (Wildman–Crippen LogP) is 4.37. The molecule has 0 radical (unpaired) electrons. The van der Waals surface area contributed by atoms with E-state index in [4.69, 9.17) is 11.6 Å². The highest BCUT2D eigenvalue weighted by Crippen LogP contribution is 2.52. The van der Waals surface area contributed by atoms with Crippen molar-refractivity contribution in [1.82, 2.24) is 4.98 Å². The minimum absolute atomic E-state index is 0.0112. The zero-order valence-electron chi connectivity index (χ0n) is 14.0. The van der Waals surface area contributed by atoms with Crippen LogP contribution in [0, 0.1) is 0 Å². The van der Waals surface area contributed by atoms with Crippen molar-refractivity contribution in [2.75, 3.05) is 0 Å². The largest absolute Gasteiger partial charge is 0.507 e. The molecule has 1 unspecified atom stereocenters. The third-order valence-corrected chi connectivity index (χ3v) is 7.27. The average Bonchev–Trinajstić information content (AvgIpc) is 3.05. The molecule has 3 aromatic rings. The summed E-state index contributed by atoms with van der Waals surface area (Å²) in [6.07, 6.45) is 0. The van der Waals surface area contributed by atoms with Crippen LogP contribution in [-0.2, 0) is 0 Å². The number of fused-ring (bicyclic) bond motifs is 2. The second-order valence-corrected chi connectivity index (χ2v) is 8.87. The van der Waals surface area contributed by atoms with Crippen molar-refractivity contribution in [3.8, 4) is 5.75 Å². The molecular formula is C20H10ClNO4S2. The van der Waals surface area contributed by atoms with Gasteiger partial charge in [0.05, 0.1) is 26.3 Å². The lowest BCUT2D eigenvalue weighted by molar-refractivity contribution is 0.0974. The van der Waals surface area contributed by atoms with Gasteiger partial charge in [-0.25, -0.2) is 0 Å². The molecule has 28 heavy (non-hydrogen) atoms. The number of phenols is 1. The van der Waals surface area contributed by atoms with Crippen LogP contribution in [0.3, 0.4) is 0 Å². The van der Waals surface area contributed by atoms with E-state index in [9.17, 15) is 19.5 Å². The van der Waals surface area contributed by atoms with Gasteiger partial charge in [0, 0.05) is 16.2 Å². The molecule has 2 aromatic carbocycles. The van der Waals surface area contributed by atoms with Gasteiger partial charge in [-0.1, -0.05) is 52.9 Å². The molecule has 0 amide bonds. The maximum Gasteiger partial charge on any atom is 0.305 e. The molecule has 5 rings (SSSR count). The number of thioether (sulfide) groups is 1. The summed E-state index contributed by atoms with van der Waals surface area (Å²) in [4.78, 5) is 42.0. The Hall–Kier alpha value is -2.61. The number of allylic oxidation sites excluding steroid dienone is 2. The third-order valence-electron chi connectivity index (χ3n) is 4.81. The Morgan fingerprint density at radius 3 is 2.50 bits per heavy atom. The SMILES string of the molecule is O=C1C2=C(C(=O)c3c(O)cccc31)C(c1ccc(Cl)cc1)c1sc(=O)[nH]c1S2. The summed E-state index contributed by atoms with van der Waals surface area (Å²) >= 11 is 8.13. The van der Waals surface area contributed by atoms with Crippen LogP contribution in [0.25, 0.3) is 0 Å². The van der Waals surface area contributed by atoms with E-state index < -0.39 is 11.7 Å². The van der Waals surface area contributed by atoms with E-state index in [0.29, 0.717) is 14.9 Å². The minimum atomic E-state index is -0.586. The van der Waals surface area contributed by atoms with Crippen LogP contribution in [0.2, 0.25) is 5.02 Å². The van der Waals surface area contributed by atoms with E-state index in [1.54, 1.807) is 24.3 Å². The summed E-state index contributed by atoms with van der Waals surface area (Å²) in [5.41, 5.74) is 1.21. The second kappa shape index (κ2) is 6.20. The van der Waals surface area contributed by atoms with Gasteiger partial charge in [0.15, 0.2) is 5.78 Å². The number of aromatic amines is 1. The summed E-state index contributed by atoms with van der Waals surface area (Å²) in [5.74, 6) is -1.55. The highest BCUT2D eigenvalue weighted by atomic mass is 35.5. The first kappa shape index (κ1) is 17.5. The Balaban J connectivity index is 1.80. The fourth-order valence-corrected chi connectivity index (χ4v) is 6.01. The number of Topliss-reactive ketones (excluding diaryl/α,β-unsaturated/α-hetero) is 2. The number of thiazole rings is 1. The quantitative estimate of drug-likeness (QED) is 0.602. The van der Waals surface area contributed by atoms with Crippen LogP contribution in [-0.4, -0.2) is 21.7 Å². The summed E-state index contributed by atoms with van der Waals surface area (Å²) in [5, 5.41) is 11.4. The molecule has 0 spiro atoms. The lowest BCUT2D eigenvalue weighted by atomic mass is 9.79. The zero-order chi connectivity index (χ0) is 19.6. The third kappa shape index (κ3) is 2.44. The van der Waals surface area contributed by atoms with Gasteiger partial charge in [-0.05, 0) is 29.8 Å². The number of rotatable bonds is 1. The fraction of sp³-hybridized carbons (Fsp3) is 0.0500. The maximum atomic E-state index is 13.4. The Bertz CT molecular complexity index is 1270. The van der Waals surface area contributed by atoms with Crippen molar-refractivity contribution in [2.24, 2.45) is 0 Å². The Kier molecular flexibility index (Phi) is 3.87. The van der Waals surface area contributed by atoms with E-state index in [2.05, 4.69) is 4.98 Å². The van der Waals surface area contributed by atoms with Crippen molar-refractivity contribution in [3.05, 3.63) is 89.2 Å². The van der Waals surface area contributed by atoms with Crippen LogP contribution in [0.15, 0.2) is 62.8 Å². The van der Waals surface area contributed by atoms with Crippen LogP contribution in [0.5, 0.6) is 5.75 Å². The molecule has 138 valence electrons. The number of carbonyl (C=O) groups excluding carboxylic acids is 2. The molecule has 2 N–H and O–H groups in total. The highest BCUT2D eigenvalue weighted by molar-refractivity contribution is 8.04. The lowest BCUT2D eigenvalue weighted by Gasteiger charge is -2.30. The van der Waals surface area contributed by atoms with Gasteiger partial charge in [-0.3, -0.25) is 14.4 Å². The molecule has 1 aromatic heterocycles. The molecule has 8 heteroatoms. The van der Waals surface area contributed by atoms with Gasteiger partial charge < -0.3 is 10.1 Å². The number of aromatic hydroxyl groups is 1. The number of phenolic OH excluding ortho intramolecular Hbond substituents is 1. The van der Waals surface area contributed by atoms with Gasteiger partial charge in [0.1, 0.15) is 5.75 Å². The number of nitrogens with one attached hydrogen (secondary N) is 1. The molecule has 0 saturated carbocycles. The Labute approximate surface area is 171 Å². The molecule has 2 heterocycles. The standard InChI is InChI=1S/C20H10ClNO4S2/c21-9-6-4-8(5-7-9)12-14-16(25)13-10(2-1-3-11(13)23)15(24)17(14)27-19-18(12)28-20(26)22-19/h1-7,12,23H,(H,22,26). The first-order valence-corrected chi connectivity index (χ1v) is 10.3. The number of ketones is 2. The highest BCUT2D eigenvalue weighted by Gasteiger charge is 2.43. The van der Waals surface area contributed by atoms with Crippen LogP contribution >= 0.6 is 34.7 Å². The van der Waals surface area contributed by atoms with Crippen molar-refractivity contribution >= 4 is 46.3 Å². The predicted molar refractivity (Wildman–Crippen MR) is 108 cm³/mol. The molecule has 1 aliphatic heterocycles.